The van der Waals surface area contributed by atoms with Gasteiger partial charge in [0.25, 0.3) is 0 Å². The van der Waals surface area contributed by atoms with Crippen LogP contribution >= 0.6 is 0 Å². The van der Waals surface area contributed by atoms with E-state index in [4.69, 9.17) is 0 Å². The average molecular weight is 246 g/mol. The number of aromatic nitrogens is 4. The van der Waals surface area contributed by atoms with E-state index < -0.39 is 0 Å². The van der Waals surface area contributed by atoms with Gasteiger partial charge in [-0.1, -0.05) is 0 Å². The Balaban J connectivity index is 2.17. The first-order chi connectivity index (χ1) is 8.58. The highest BCUT2D eigenvalue weighted by molar-refractivity contribution is 5.44. The highest BCUT2D eigenvalue weighted by Crippen LogP contribution is 2.15. The van der Waals surface area contributed by atoms with Gasteiger partial charge in [-0.05, 0) is 6.92 Å². The van der Waals surface area contributed by atoms with Gasteiger partial charge in [0.2, 0.25) is 5.95 Å². The largest absolute Gasteiger partial charge is 0.357 e. The van der Waals surface area contributed by atoms with Gasteiger partial charge in [0.05, 0.1) is 6.20 Å². The van der Waals surface area contributed by atoms with Crippen LogP contribution in [0.25, 0.3) is 0 Å². The Morgan fingerprint density at radius 3 is 2.78 bits per heavy atom. The van der Waals surface area contributed by atoms with Crippen molar-refractivity contribution in [3.63, 3.8) is 0 Å². The Morgan fingerprint density at radius 1 is 1.39 bits per heavy atom. The predicted molar refractivity (Wildman–Crippen MR) is 71.6 cm³/mol. The van der Waals surface area contributed by atoms with Gasteiger partial charge >= 0.3 is 0 Å². The summed E-state index contributed by atoms with van der Waals surface area (Å²) < 4.78 is 1.80. The quantitative estimate of drug-likeness (QED) is 0.878. The summed E-state index contributed by atoms with van der Waals surface area (Å²) in [4.78, 5) is 10.8. The summed E-state index contributed by atoms with van der Waals surface area (Å²) >= 11 is 0. The minimum Gasteiger partial charge on any atom is -0.357 e. The first-order valence-corrected chi connectivity index (χ1v) is 5.80. The Labute approximate surface area is 107 Å². The van der Waals surface area contributed by atoms with Crippen LogP contribution in [0.15, 0.2) is 18.5 Å². The molecular weight excluding hydrogens is 228 g/mol. The van der Waals surface area contributed by atoms with Gasteiger partial charge in [-0.25, -0.2) is 4.98 Å². The number of nitrogens with one attached hydrogen (secondary N) is 1. The Kier molecular flexibility index (Phi) is 3.45. The molecule has 0 unspecified atom stereocenters. The number of hydrogen-bond donors (Lipinski definition) is 1. The van der Waals surface area contributed by atoms with Crippen LogP contribution in [0.3, 0.4) is 0 Å². The lowest BCUT2D eigenvalue weighted by Crippen LogP contribution is -2.18. The van der Waals surface area contributed by atoms with Crippen molar-refractivity contribution in [1.29, 1.82) is 0 Å². The molecule has 0 aromatic carbocycles. The molecule has 6 heteroatoms. The number of hydrogen-bond acceptors (Lipinski definition) is 5. The van der Waals surface area contributed by atoms with E-state index in [0.29, 0.717) is 5.95 Å². The maximum atomic E-state index is 4.43. The van der Waals surface area contributed by atoms with Crippen molar-refractivity contribution in [3.8, 4) is 0 Å². The fraction of sp³-hybridized carbons (Fsp3) is 0.417. The summed E-state index contributed by atoms with van der Waals surface area (Å²) in [5, 5.41) is 7.13. The van der Waals surface area contributed by atoms with Crippen LogP contribution < -0.4 is 10.2 Å². The number of anilines is 2. The fourth-order valence-corrected chi connectivity index (χ4v) is 1.77. The first kappa shape index (κ1) is 12.3. The summed E-state index contributed by atoms with van der Waals surface area (Å²) in [5.74, 6) is 1.54. The van der Waals surface area contributed by atoms with Crippen LogP contribution in [0, 0.1) is 6.92 Å². The highest BCUT2D eigenvalue weighted by Gasteiger charge is 2.07. The third kappa shape index (κ3) is 2.77. The standard InChI is InChI=1S/C12H18N6/c1-9-5-11(16-12(13-2)15-9)17(3)7-10-6-14-18(4)8-10/h5-6,8H,7H2,1-4H3,(H,13,15,16). The van der Waals surface area contributed by atoms with Crippen molar-refractivity contribution < 1.29 is 0 Å². The van der Waals surface area contributed by atoms with Crippen LogP contribution in [-0.2, 0) is 13.6 Å². The summed E-state index contributed by atoms with van der Waals surface area (Å²) in [5.41, 5.74) is 2.10. The van der Waals surface area contributed by atoms with Crippen molar-refractivity contribution in [2.24, 2.45) is 7.05 Å². The lowest BCUT2D eigenvalue weighted by molar-refractivity contribution is 0.766. The van der Waals surface area contributed by atoms with Gasteiger partial charge in [-0.3, -0.25) is 4.68 Å². The van der Waals surface area contributed by atoms with E-state index in [1.54, 1.807) is 4.68 Å². The van der Waals surface area contributed by atoms with Crippen molar-refractivity contribution in [1.82, 2.24) is 19.7 Å². The second-order valence-corrected chi connectivity index (χ2v) is 4.32. The van der Waals surface area contributed by atoms with E-state index in [9.17, 15) is 0 Å². The zero-order valence-electron chi connectivity index (χ0n) is 11.2. The maximum absolute atomic E-state index is 4.43. The fourth-order valence-electron chi connectivity index (χ4n) is 1.77. The molecule has 0 saturated heterocycles. The molecule has 2 heterocycles. The van der Waals surface area contributed by atoms with Gasteiger partial charge in [0.15, 0.2) is 0 Å². The number of nitrogens with zero attached hydrogens (tertiary/aromatic N) is 5. The third-order valence-corrected chi connectivity index (χ3v) is 2.63. The monoisotopic (exact) mass is 246 g/mol. The minimum atomic E-state index is 0.642. The Hall–Kier alpha value is -2.11. The molecule has 1 N–H and O–H groups in total. The molecular formula is C12H18N6. The van der Waals surface area contributed by atoms with E-state index in [1.807, 2.05) is 46.5 Å². The molecule has 2 aromatic heterocycles. The zero-order valence-corrected chi connectivity index (χ0v) is 11.2. The Morgan fingerprint density at radius 2 is 2.17 bits per heavy atom. The molecule has 96 valence electrons. The highest BCUT2D eigenvalue weighted by atomic mass is 15.3. The van der Waals surface area contributed by atoms with Crippen LogP contribution in [0.4, 0.5) is 11.8 Å². The normalized spacial score (nSPS) is 10.4. The second kappa shape index (κ2) is 5.03. The molecule has 0 fully saturated rings. The second-order valence-electron chi connectivity index (χ2n) is 4.32. The topological polar surface area (TPSA) is 58.9 Å². The van der Waals surface area contributed by atoms with Gasteiger partial charge in [-0.2, -0.15) is 10.1 Å². The lowest BCUT2D eigenvalue weighted by Gasteiger charge is -2.18. The molecule has 0 saturated carbocycles. The molecule has 2 rings (SSSR count). The molecule has 6 nitrogen and oxygen atoms in total. The van der Waals surface area contributed by atoms with Crippen LogP contribution in [0.2, 0.25) is 0 Å². The average Bonchev–Trinajstić information content (AvgIpc) is 2.73. The van der Waals surface area contributed by atoms with E-state index in [1.165, 1.54) is 0 Å². The number of rotatable bonds is 4. The van der Waals surface area contributed by atoms with E-state index in [-0.39, 0.29) is 0 Å². The molecule has 0 aliphatic rings. The molecule has 2 aromatic rings. The van der Waals surface area contributed by atoms with Crippen LogP contribution in [0.5, 0.6) is 0 Å². The SMILES string of the molecule is CNc1nc(C)cc(N(C)Cc2cnn(C)c2)n1. The van der Waals surface area contributed by atoms with Crippen LogP contribution in [-0.4, -0.2) is 33.8 Å². The van der Waals surface area contributed by atoms with E-state index >= 15 is 0 Å². The van der Waals surface area contributed by atoms with Gasteiger partial charge in [-0.15, -0.1) is 0 Å². The van der Waals surface area contributed by atoms with Gasteiger partial charge in [0.1, 0.15) is 5.82 Å². The van der Waals surface area contributed by atoms with Crippen molar-refractivity contribution in [3.05, 3.63) is 29.7 Å². The molecule has 0 amide bonds. The van der Waals surface area contributed by atoms with E-state index in [0.717, 1.165) is 23.6 Å². The zero-order chi connectivity index (χ0) is 13.1. The third-order valence-electron chi connectivity index (χ3n) is 2.63. The lowest BCUT2D eigenvalue weighted by atomic mass is 10.3. The molecule has 0 bridgehead atoms. The van der Waals surface area contributed by atoms with E-state index in [2.05, 4.69) is 25.3 Å². The molecule has 0 radical (unpaired) electrons. The summed E-state index contributed by atoms with van der Waals surface area (Å²) in [6.07, 6.45) is 3.87. The molecule has 0 atom stereocenters. The molecule has 18 heavy (non-hydrogen) atoms. The first-order valence-electron chi connectivity index (χ1n) is 5.80. The summed E-state index contributed by atoms with van der Waals surface area (Å²) in [6.45, 7) is 2.73. The Bertz CT molecular complexity index is 533. The van der Waals surface area contributed by atoms with Crippen molar-refractivity contribution in [2.45, 2.75) is 13.5 Å². The van der Waals surface area contributed by atoms with Crippen molar-refractivity contribution >= 4 is 11.8 Å². The molecule has 0 aliphatic heterocycles. The van der Waals surface area contributed by atoms with Gasteiger partial charge < -0.3 is 10.2 Å². The summed E-state index contributed by atoms with van der Waals surface area (Å²) in [6, 6.07) is 1.97. The van der Waals surface area contributed by atoms with Crippen LogP contribution in [0.1, 0.15) is 11.3 Å². The smallest absolute Gasteiger partial charge is 0.224 e. The minimum absolute atomic E-state index is 0.642. The van der Waals surface area contributed by atoms with Crippen molar-refractivity contribution in [2.75, 3.05) is 24.3 Å². The van der Waals surface area contributed by atoms with Gasteiger partial charge in [0, 0.05) is 51.2 Å². The summed E-state index contributed by atoms with van der Waals surface area (Å²) in [7, 11) is 5.74. The number of aryl methyl sites for hydroxylation is 2. The molecule has 0 spiro atoms. The molecule has 0 aliphatic carbocycles. The maximum Gasteiger partial charge on any atom is 0.224 e. The predicted octanol–water partition coefficient (Wildman–Crippen LogP) is 1.20.